The van der Waals surface area contributed by atoms with E-state index in [1.807, 2.05) is 38.1 Å². The van der Waals surface area contributed by atoms with Crippen LogP contribution in [0.5, 0.6) is 5.75 Å². The van der Waals surface area contributed by atoms with E-state index >= 15 is 0 Å². The van der Waals surface area contributed by atoms with Gasteiger partial charge in [-0.15, -0.1) is 5.10 Å². The fourth-order valence-electron chi connectivity index (χ4n) is 3.82. The highest BCUT2D eigenvalue weighted by Crippen LogP contribution is 2.27. The molecule has 3 heterocycles. The number of hydrogen-bond donors (Lipinski definition) is 2. The summed E-state index contributed by atoms with van der Waals surface area (Å²) in [5.74, 6) is 1.01. The number of carbonyl (C=O) groups is 2. The monoisotopic (exact) mass is 494 g/mol. The van der Waals surface area contributed by atoms with Crippen LogP contribution in [0, 0.1) is 0 Å². The molecule has 3 aromatic rings. The summed E-state index contributed by atoms with van der Waals surface area (Å²) in [5, 5.41) is 10.3. The first-order valence-corrected chi connectivity index (χ1v) is 12.6. The molecule has 184 valence electrons. The third kappa shape index (κ3) is 6.54. The van der Waals surface area contributed by atoms with E-state index in [2.05, 4.69) is 25.2 Å². The van der Waals surface area contributed by atoms with Gasteiger partial charge in [0.2, 0.25) is 5.91 Å². The van der Waals surface area contributed by atoms with Crippen molar-refractivity contribution < 1.29 is 14.3 Å². The zero-order chi connectivity index (χ0) is 24.6. The number of aromatic nitrogens is 3. The predicted octanol–water partition coefficient (Wildman–Crippen LogP) is 4.12. The average Bonchev–Trinajstić information content (AvgIpc) is 3.33. The molecule has 2 bridgehead atoms. The smallest absolute Gasteiger partial charge is 0.273 e. The van der Waals surface area contributed by atoms with Crippen LogP contribution in [-0.4, -0.2) is 51.0 Å². The molecule has 0 aliphatic carbocycles. The van der Waals surface area contributed by atoms with Crippen molar-refractivity contribution in [2.24, 2.45) is 0 Å². The van der Waals surface area contributed by atoms with Crippen molar-refractivity contribution in [3.8, 4) is 5.75 Å². The minimum Gasteiger partial charge on any atom is -0.491 e. The van der Waals surface area contributed by atoms with Gasteiger partial charge < -0.3 is 20.3 Å². The number of benzene rings is 1. The maximum atomic E-state index is 13.3. The second kappa shape index (κ2) is 11.7. The Bertz CT molecular complexity index is 1170. The van der Waals surface area contributed by atoms with E-state index in [9.17, 15) is 9.59 Å². The Kier molecular flexibility index (Phi) is 8.25. The van der Waals surface area contributed by atoms with E-state index < -0.39 is 0 Å². The number of hydrogen-bond acceptors (Lipinski definition) is 8. The Morgan fingerprint density at radius 1 is 1.17 bits per heavy atom. The van der Waals surface area contributed by atoms with E-state index in [1.165, 1.54) is 11.5 Å². The van der Waals surface area contributed by atoms with E-state index in [4.69, 9.17) is 4.74 Å². The predicted molar refractivity (Wildman–Crippen MR) is 135 cm³/mol. The van der Waals surface area contributed by atoms with E-state index in [0.29, 0.717) is 25.5 Å². The highest BCUT2D eigenvalue weighted by molar-refractivity contribution is 7.05. The molecule has 0 unspecified atom stereocenters. The summed E-state index contributed by atoms with van der Waals surface area (Å²) in [6.07, 6.45) is 2.49. The van der Waals surface area contributed by atoms with Crippen LogP contribution >= 0.6 is 11.5 Å². The molecule has 0 radical (unpaired) electrons. The summed E-state index contributed by atoms with van der Waals surface area (Å²) in [6, 6.07) is 12.9. The van der Waals surface area contributed by atoms with Crippen molar-refractivity contribution in [3.63, 3.8) is 0 Å². The lowest BCUT2D eigenvalue weighted by Gasteiger charge is -2.23. The minimum absolute atomic E-state index is 0.0409. The molecule has 1 aromatic carbocycles. The van der Waals surface area contributed by atoms with Gasteiger partial charge in [0.05, 0.1) is 36.0 Å². The topological polar surface area (TPSA) is 109 Å². The van der Waals surface area contributed by atoms with Gasteiger partial charge in [0.15, 0.2) is 0 Å². The number of amides is 2. The minimum atomic E-state index is -0.271. The Morgan fingerprint density at radius 3 is 2.89 bits per heavy atom. The number of nitrogens with one attached hydrogen (secondary N) is 2. The third-order valence-corrected chi connectivity index (χ3v) is 6.39. The van der Waals surface area contributed by atoms with Gasteiger partial charge in [-0.05, 0) is 61.0 Å². The second-order valence-electron chi connectivity index (χ2n) is 8.68. The molecule has 0 spiro atoms. The molecule has 9 nitrogen and oxygen atoms in total. The lowest BCUT2D eigenvalue weighted by molar-refractivity contribution is -0.122. The number of nitrogens with zero attached hydrogens (tertiary/aromatic N) is 4. The number of anilines is 2. The van der Waals surface area contributed by atoms with Gasteiger partial charge >= 0.3 is 0 Å². The molecule has 2 N–H and O–H groups in total. The molecule has 0 saturated heterocycles. The lowest BCUT2D eigenvalue weighted by atomic mass is 10.1. The summed E-state index contributed by atoms with van der Waals surface area (Å²) in [4.78, 5) is 33.1. The van der Waals surface area contributed by atoms with Crippen LogP contribution < -0.4 is 15.4 Å². The van der Waals surface area contributed by atoms with Gasteiger partial charge in [-0.25, -0.2) is 4.98 Å². The molecule has 1 aliphatic heterocycles. The van der Waals surface area contributed by atoms with Crippen molar-refractivity contribution in [1.29, 1.82) is 0 Å². The Hall–Kier alpha value is -3.53. The van der Waals surface area contributed by atoms with Gasteiger partial charge in [0.25, 0.3) is 5.91 Å². The van der Waals surface area contributed by atoms with Gasteiger partial charge in [-0.1, -0.05) is 36.5 Å². The van der Waals surface area contributed by atoms with Crippen LogP contribution in [0.2, 0.25) is 0 Å². The van der Waals surface area contributed by atoms with E-state index in [1.54, 1.807) is 23.1 Å². The summed E-state index contributed by atoms with van der Waals surface area (Å²) in [6.45, 7) is 5.42. The van der Waals surface area contributed by atoms with Crippen LogP contribution in [0.3, 0.4) is 0 Å². The van der Waals surface area contributed by atoms with E-state index in [-0.39, 0.29) is 30.0 Å². The molecule has 0 fully saturated rings. The number of fused-ring (bicyclic) bond motifs is 3. The summed E-state index contributed by atoms with van der Waals surface area (Å²) in [7, 11) is 0. The maximum Gasteiger partial charge on any atom is 0.273 e. The largest absolute Gasteiger partial charge is 0.491 e. The van der Waals surface area contributed by atoms with Gasteiger partial charge in [-0.2, -0.15) is 0 Å². The van der Waals surface area contributed by atoms with Gasteiger partial charge in [-0.3, -0.25) is 9.59 Å². The van der Waals surface area contributed by atoms with Crippen molar-refractivity contribution >= 4 is 34.9 Å². The standard InChI is InChI=1S/C25H30N6O3S/c1-17(2)24-21(35-30-29-24)15-26-23(32)16-31-13-6-3-7-14-34-20-11-5-4-9-18(20)27-22-12-8-10-19(28-22)25(31)33/h4-5,8-12,17H,3,6-7,13-16H2,1-2H3,(H,26,32)(H,27,28). The highest BCUT2D eigenvalue weighted by atomic mass is 32.1. The first kappa shape index (κ1) is 24.6. The fraction of sp³-hybridized carbons (Fsp3) is 0.400. The zero-order valence-electron chi connectivity index (χ0n) is 20.0. The van der Waals surface area contributed by atoms with Crippen molar-refractivity contribution in [3.05, 3.63) is 58.7 Å². The highest BCUT2D eigenvalue weighted by Gasteiger charge is 2.21. The van der Waals surface area contributed by atoms with Crippen LogP contribution in [0.25, 0.3) is 0 Å². The molecule has 0 saturated carbocycles. The number of rotatable bonds is 5. The third-order valence-electron chi connectivity index (χ3n) is 5.65. The Labute approximate surface area is 209 Å². The Morgan fingerprint density at radius 2 is 2.03 bits per heavy atom. The molecule has 10 heteroatoms. The quantitative estimate of drug-likeness (QED) is 0.549. The molecular formula is C25H30N6O3S. The molecule has 4 rings (SSSR count). The van der Waals surface area contributed by atoms with Crippen molar-refractivity contribution in [2.45, 2.75) is 45.6 Å². The molecule has 2 aromatic heterocycles. The molecule has 1 aliphatic rings. The van der Waals surface area contributed by atoms with Crippen molar-refractivity contribution in [2.75, 3.05) is 25.0 Å². The molecule has 2 amide bonds. The van der Waals surface area contributed by atoms with Crippen molar-refractivity contribution in [1.82, 2.24) is 24.8 Å². The van der Waals surface area contributed by atoms with Crippen LogP contribution in [0.4, 0.5) is 11.5 Å². The Balaban J connectivity index is 1.48. The molecular weight excluding hydrogens is 464 g/mol. The number of carbonyl (C=O) groups excluding carboxylic acids is 2. The van der Waals surface area contributed by atoms with Crippen LogP contribution in [0.15, 0.2) is 42.5 Å². The molecule has 35 heavy (non-hydrogen) atoms. The summed E-state index contributed by atoms with van der Waals surface area (Å²) >= 11 is 1.28. The number of pyridine rings is 1. The number of para-hydroxylation sites is 2. The first-order valence-electron chi connectivity index (χ1n) is 11.8. The molecule has 0 atom stereocenters. The summed E-state index contributed by atoms with van der Waals surface area (Å²) in [5.41, 5.74) is 1.96. The van der Waals surface area contributed by atoms with E-state index in [0.717, 1.165) is 41.3 Å². The van der Waals surface area contributed by atoms with Gasteiger partial charge in [0, 0.05) is 6.54 Å². The number of ether oxygens (including phenoxy) is 1. The second-order valence-corrected chi connectivity index (χ2v) is 9.52. The zero-order valence-corrected chi connectivity index (χ0v) is 20.8. The lowest BCUT2D eigenvalue weighted by Crippen LogP contribution is -2.41. The SMILES string of the molecule is CC(C)c1nnsc1CNC(=O)CN1CCCCCOc2ccccc2Nc2cccc(n2)C1=O. The summed E-state index contributed by atoms with van der Waals surface area (Å²) < 4.78 is 9.97. The van der Waals surface area contributed by atoms with Crippen LogP contribution in [-0.2, 0) is 11.3 Å². The first-order chi connectivity index (χ1) is 17.0. The average molecular weight is 495 g/mol. The fourth-order valence-corrected chi connectivity index (χ4v) is 4.55. The normalized spacial score (nSPS) is 14.5. The van der Waals surface area contributed by atoms with Crippen LogP contribution in [0.1, 0.15) is 60.1 Å². The maximum absolute atomic E-state index is 13.3. The van der Waals surface area contributed by atoms with Gasteiger partial charge in [0.1, 0.15) is 17.3 Å².